The first-order valence-corrected chi connectivity index (χ1v) is 11.5. The maximum atomic E-state index is 13.0. The summed E-state index contributed by atoms with van der Waals surface area (Å²) < 4.78 is 6.06. The number of rotatable bonds is 4. The van der Waals surface area contributed by atoms with Crippen LogP contribution in [-0.4, -0.2) is 60.2 Å². The van der Waals surface area contributed by atoms with Crippen LogP contribution in [0.25, 0.3) is 0 Å². The molecule has 0 aromatic heterocycles. The second-order valence-electron chi connectivity index (χ2n) is 8.87. The van der Waals surface area contributed by atoms with Crippen LogP contribution in [0.5, 0.6) is 5.75 Å². The van der Waals surface area contributed by atoms with Crippen molar-refractivity contribution < 1.29 is 19.4 Å². The number of nitrogens with zero attached hydrogens (tertiary/aromatic N) is 2. The Bertz CT molecular complexity index is 1000. The summed E-state index contributed by atoms with van der Waals surface area (Å²) >= 11 is 0. The minimum atomic E-state index is -0.757. The van der Waals surface area contributed by atoms with Crippen molar-refractivity contribution in [1.29, 1.82) is 0 Å². The summed E-state index contributed by atoms with van der Waals surface area (Å²) in [5, 5.41) is 13.5. The highest BCUT2D eigenvalue weighted by atomic mass is 16.5. The molecule has 2 saturated heterocycles. The van der Waals surface area contributed by atoms with Crippen LogP contribution in [0.2, 0.25) is 0 Å². The fourth-order valence-corrected chi connectivity index (χ4v) is 4.81. The molecule has 0 spiro atoms. The highest BCUT2D eigenvalue weighted by molar-refractivity contribution is 5.95. The summed E-state index contributed by atoms with van der Waals surface area (Å²) in [6, 6.07) is 13.4. The van der Waals surface area contributed by atoms with Gasteiger partial charge < -0.3 is 25.0 Å². The van der Waals surface area contributed by atoms with Crippen LogP contribution >= 0.6 is 0 Å². The van der Waals surface area contributed by atoms with Gasteiger partial charge in [-0.15, -0.1) is 0 Å². The Kier molecular flexibility index (Phi) is 5.74. The lowest BCUT2D eigenvalue weighted by Gasteiger charge is -2.36. The van der Waals surface area contributed by atoms with Crippen molar-refractivity contribution in [3.05, 3.63) is 53.6 Å². The number of aliphatic hydroxyl groups is 1. The summed E-state index contributed by atoms with van der Waals surface area (Å²) in [5.74, 6) is 0.658. The number of hydrogen-bond acceptors (Lipinski definition) is 5. The molecular weight excluding hydrogens is 406 g/mol. The third kappa shape index (κ3) is 4.30. The van der Waals surface area contributed by atoms with Crippen molar-refractivity contribution in [2.75, 3.05) is 36.4 Å². The molecule has 7 nitrogen and oxygen atoms in total. The molecule has 2 fully saturated rings. The number of aliphatic hydroxyl groups excluding tert-OH is 1. The van der Waals surface area contributed by atoms with E-state index in [0.29, 0.717) is 37.1 Å². The lowest BCUT2D eigenvalue weighted by atomic mass is 10.0. The number of aryl methyl sites for hydroxylation is 1. The van der Waals surface area contributed by atoms with Crippen LogP contribution < -0.4 is 15.0 Å². The number of amides is 2. The Labute approximate surface area is 188 Å². The summed E-state index contributed by atoms with van der Waals surface area (Å²) in [6.45, 7) is 2.94. The predicted octanol–water partition coefficient (Wildman–Crippen LogP) is 2.83. The van der Waals surface area contributed by atoms with Crippen molar-refractivity contribution in [1.82, 2.24) is 4.90 Å². The Morgan fingerprint density at radius 2 is 1.81 bits per heavy atom. The average Bonchev–Trinajstić information content (AvgIpc) is 3.35. The molecule has 2 atom stereocenters. The van der Waals surface area contributed by atoms with Gasteiger partial charge in [0.15, 0.2) is 0 Å². The predicted molar refractivity (Wildman–Crippen MR) is 122 cm³/mol. The number of carbonyl (C=O) groups is 2. The van der Waals surface area contributed by atoms with Crippen molar-refractivity contribution in [2.24, 2.45) is 0 Å². The fourth-order valence-electron chi connectivity index (χ4n) is 4.81. The second-order valence-corrected chi connectivity index (χ2v) is 8.87. The molecule has 5 rings (SSSR count). The van der Waals surface area contributed by atoms with E-state index in [2.05, 4.69) is 10.2 Å². The first-order chi connectivity index (χ1) is 15.6. The van der Waals surface area contributed by atoms with Gasteiger partial charge in [0, 0.05) is 49.4 Å². The molecule has 168 valence electrons. The number of nitrogens with one attached hydrogen (secondary N) is 1. The van der Waals surface area contributed by atoms with Crippen LogP contribution in [0, 0.1) is 0 Å². The van der Waals surface area contributed by atoms with Gasteiger partial charge in [-0.1, -0.05) is 0 Å². The summed E-state index contributed by atoms with van der Waals surface area (Å²) in [7, 11) is 0. The van der Waals surface area contributed by atoms with Crippen LogP contribution in [0.15, 0.2) is 42.5 Å². The molecule has 0 radical (unpaired) electrons. The van der Waals surface area contributed by atoms with Gasteiger partial charge in [-0.2, -0.15) is 0 Å². The number of ether oxygens (including phenoxy) is 1. The topological polar surface area (TPSA) is 82.1 Å². The molecule has 3 aliphatic heterocycles. The van der Waals surface area contributed by atoms with Crippen molar-refractivity contribution in [3.8, 4) is 5.75 Å². The van der Waals surface area contributed by atoms with E-state index in [0.717, 1.165) is 30.0 Å². The van der Waals surface area contributed by atoms with Crippen LogP contribution in [0.1, 0.15) is 41.6 Å². The molecule has 32 heavy (non-hydrogen) atoms. The van der Waals surface area contributed by atoms with Crippen LogP contribution in [-0.2, 0) is 11.2 Å². The maximum Gasteiger partial charge on any atom is 0.253 e. The van der Waals surface area contributed by atoms with Gasteiger partial charge >= 0.3 is 0 Å². The van der Waals surface area contributed by atoms with Crippen LogP contribution in [0.3, 0.4) is 0 Å². The van der Waals surface area contributed by atoms with Crippen molar-refractivity contribution in [3.63, 3.8) is 0 Å². The summed E-state index contributed by atoms with van der Waals surface area (Å²) in [4.78, 5) is 28.5. The molecule has 2 amide bonds. The number of benzene rings is 2. The summed E-state index contributed by atoms with van der Waals surface area (Å²) in [5.41, 5.74) is 3.68. The molecule has 3 aliphatic rings. The number of carbonyl (C=O) groups excluding carboxylic acids is 2. The van der Waals surface area contributed by atoms with E-state index < -0.39 is 6.10 Å². The monoisotopic (exact) mass is 435 g/mol. The SMILES string of the molecule is O=C1CCc2cc(O[C@@H]3CCN(C(=O)c4ccc(N5CCCC5)cc4)C[C@H]3O)ccc2N1. The molecule has 0 bridgehead atoms. The Morgan fingerprint density at radius 1 is 1.03 bits per heavy atom. The zero-order chi connectivity index (χ0) is 22.1. The Morgan fingerprint density at radius 3 is 2.56 bits per heavy atom. The van der Waals surface area contributed by atoms with Gasteiger partial charge in [-0.05, 0) is 67.3 Å². The third-order valence-corrected chi connectivity index (χ3v) is 6.65. The normalized spacial score (nSPS) is 23.0. The van der Waals surface area contributed by atoms with Crippen molar-refractivity contribution >= 4 is 23.2 Å². The summed E-state index contributed by atoms with van der Waals surface area (Å²) in [6.07, 6.45) is 3.03. The first kappa shape index (κ1) is 20.8. The second kappa shape index (κ2) is 8.82. The lowest BCUT2D eigenvalue weighted by molar-refractivity contribution is -0.116. The molecule has 0 aliphatic carbocycles. The van der Waals surface area contributed by atoms with Gasteiger partial charge in [-0.25, -0.2) is 0 Å². The molecule has 0 saturated carbocycles. The lowest BCUT2D eigenvalue weighted by Crippen LogP contribution is -2.51. The minimum absolute atomic E-state index is 0.0318. The third-order valence-electron chi connectivity index (χ3n) is 6.65. The van der Waals surface area contributed by atoms with E-state index >= 15 is 0 Å². The zero-order valence-corrected chi connectivity index (χ0v) is 18.1. The molecular formula is C25H29N3O4. The van der Waals surface area contributed by atoms with E-state index in [1.807, 2.05) is 42.5 Å². The standard InChI is InChI=1S/C25H29N3O4/c29-22-16-28(25(31)17-3-6-19(7-4-17)27-12-1-2-13-27)14-11-23(22)32-20-8-9-21-18(15-20)5-10-24(30)26-21/h3-4,6-9,15,22-23,29H,1-2,5,10-14,16H2,(H,26,30)/t22-,23-/m1/s1. The van der Waals surface area contributed by atoms with E-state index in [9.17, 15) is 14.7 Å². The van der Waals surface area contributed by atoms with Gasteiger partial charge in [0.2, 0.25) is 5.91 Å². The molecule has 2 aromatic carbocycles. The minimum Gasteiger partial charge on any atom is -0.488 e. The average molecular weight is 436 g/mol. The number of likely N-dealkylation sites (tertiary alicyclic amines) is 1. The van der Waals surface area contributed by atoms with Crippen molar-refractivity contribution in [2.45, 2.75) is 44.3 Å². The highest BCUT2D eigenvalue weighted by Gasteiger charge is 2.32. The van der Waals surface area contributed by atoms with E-state index in [4.69, 9.17) is 4.74 Å². The number of piperidine rings is 1. The quantitative estimate of drug-likeness (QED) is 0.772. The maximum absolute atomic E-state index is 13.0. The first-order valence-electron chi connectivity index (χ1n) is 11.5. The van der Waals surface area contributed by atoms with Gasteiger partial charge in [0.1, 0.15) is 18.0 Å². The van der Waals surface area contributed by atoms with E-state index in [1.54, 1.807) is 4.90 Å². The highest BCUT2D eigenvalue weighted by Crippen LogP contribution is 2.29. The molecule has 7 heteroatoms. The smallest absolute Gasteiger partial charge is 0.253 e. The number of fused-ring (bicyclic) bond motifs is 1. The molecule has 0 unspecified atom stereocenters. The molecule has 2 aromatic rings. The molecule has 2 N–H and O–H groups in total. The zero-order valence-electron chi connectivity index (χ0n) is 18.1. The largest absolute Gasteiger partial charge is 0.488 e. The van der Waals surface area contributed by atoms with Gasteiger partial charge in [0.25, 0.3) is 5.91 Å². The fraction of sp³-hybridized carbons (Fsp3) is 0.440. The van der Waals surface area contributed by atoms with Crippen LogP contribution in [0.4, 0.5) is 11.4 Å². The molecule has 3 heterocycles. The number of hydrogen-bond donors (Lipinski definition) is 2. The number of β-amino-alcohol motifs (C(OH)–C–C–N with tert-alkyl or cyclic N) is 1. The Balaban J connectivity index is 1.19. The Hall–Kier alpha value is -3.06. The number of anilines is 2. The van der Waals surface area contributed by atoms with E-state index in [1.165, 1.54) is 12.8 Å². The van der Waals surface area contributed by atoms with Gasteiger partial charge in [-0.3, -0.25) is 9.59 Å². The van der Waals surface area contributed by atoms with Gasteiger partial charge in [0.05, 0.1) is 6.54 Å². The van der Waals surface area contributed by atoms with E-state index in [-0.39, 0.29) is 24.5 Å².